The molecule has 0 aliphatic heterocycles. The maximum atomic E-state index is 6.31. The molecule has 12 heavy (non-hydrogen) atoms. The van der Waals surface area contributed by atoms with E-state index in [-0.39, 0.29) is 4.87 Å². The molecule has 1 aliphatic carbocycles. The van der Waals surface area contributed by atoms with Crippen molar-refractivity contribution in [3.8, 4) is 0 Å². The van der Waals surface area contributed by atoms with Gasteiger partial charge in [-0.05, 0) is 20.2 Å². The van der Waals surface area contributed by atoms with Gasteiger partial charge in [-0.25, -0.2) is 0 Å². The van der Waals surface area contributed by atoms with E-state index in [1.165, 1.54) is 0 Å². The lowest BCUT2D eigenvalue weighted by atomic mass is 9.99. The highest BCUT2D eigenvalue weighted by Gasteiger charge is 2.27. The van der Waals surface area contributed by atoms with Crippen molar-refractivity contribution in [2.24, 2.45) is 0 Å². The van der Waals surface area contributed by atoms with E-state index >= 15 is 0 Å². The minimum absolute atomic E-state index is 0.310. The van der Waals surface area contributed by atoms with E-state index in [1.54, 1.807) is 0 Å². The number of hydrogen-bond donors (Lipinski definition) is 0. The van der Waals surface area contributed by atoms with Crippen LogP contribution in [0.4, 0.5) is 0 Å². The van der Waals surface area contributed by atoms with Gasteiger partial charge in [0, 0.05) is 18.0 Å². The first-order valence-corrected chi connectivity index (χ1v) is 4.65. The first-order valence-electron chi connectivity index (χ1n) is 3.89. The lowest BCUT2D eigenvalue weighted by Gasteiger charge is -2.28. The van der Waals surface area contributed by atoms with E-state index in [0.717, 1.165) is 18.0 Å². The highest BCUT2D eigenvalue weighted by atomic mass is 35.5. The van der Waals surface area contributed by atoms with Crippen molar-refractivity contribution in [3.63, 3.8) is 0 Å². The van der Waals surface area contributed by atoms with Crippen molar-refractivity contribution in [1.82, 2.24) is 4.90 Å². The van der Waals surface area contributed by atoms with Crippen LogP contribution in [0.3, 0.4) is 0 Å². The van der Waals surface area contributed by atoms with Crippen LogP contribution in [0.1, 0.15) is 6.42 Å². The average molecular weight is 206 g/mol. The van der Waals surface area contributed by atoms with Gasteiger partial charge in [0.25, 0.3) is 0 Å². The van der Waals surface area contributed by atoms with Gasteiger partial charge in [-0.2, -0.15) is 0 Å². The number of halogens is 2. The molecule has 0 fully saturated rings. The van der Waals surface area contributed by atoms with E-state index in [2.05, 4.69) is 4.90 Å². The zero-order valence-corrected chi connectivity index (χ0v) is 8.86. The summed E-state index contributed by atoms with van der Waals surface area (Å²) in [5, 5.41) is 0.828. The second-order valence-corrected chi connectivity index (χ2v) is 4.66. The molecule has 0 N–H and O–H groups in total. The Balaban J connectivity index is 2.63. The van der Waals surface area contributed by atoms with Crippen molar-refractivity contribution in [2.75, 3.05) is 20.6 Å². The fourth-order valence-corrected chi connectivity index (χ4v) is 2.19. The normalized spacial score (nSPS) is 29.2. The van der Waals surface area contributed by atoms with E-state index in [1.807, 2.05) is 32.3 Å². The van der Waals surface area contributed by atoms with Gasteiger partial charge < -0.3 is 4.90 Å². The largest absolute Gasteiger partial charge is 0.307 e. The molecule has 68 valence electrons. The molecule has 0 aromatic carbocycles. The molecule has 0 aromatic rings. The maximum Gasteiger partial charge on any atom is 0.0804 e. The number of rotatable bonds is 2. The Bertz CT molecular complexity index is 221. The Morgan fingerprint density at radius 3 is 2.75 bits per heavy atom. The summed E-state index contributed by atoms with van der Waals surface area (Å²) in [6.07, 6.45) is 6.53. The fourth-order valence-electron chi connectivity index (χ4n) is 1.36. The summed E-state index contributed by atoms with van der Waals surface area (Å²) < 4.78 is 0. The standard InChI is InChI=1S/C9H13Cl2N/c1-12(2)7-9(11)5-3-4-8(10)6-9/h3-5H,6-7H2,1-2H3. The molecule has 0 bridgehead atoms. The van der Waals surface area contributed by atoms with Crippen LogP contribution in [0.2, 0.25) is 0 Å². The van der Waals surface area contributed by atoms with Crippen molar-refractivity contribution in [3.05, 3.63) is 23.3 Å². The molecule has 1 unspecified atom stereocenters. The highest BCUT2D eigenvalue weighted by molar-refractivity contribution is 6.32. The van der Waals surface area contributed by atoms with Crippen molar-refractivity contribution in [1.29, 1.82) is 0 Å². The third-order valence-electron chi connectivity index (χ3n) is 1.71. The van der Waals surface area contributed by atoms with Crippen LogP contribution in [0, 0.1) is 0 Å². The number of nitrogens with zero attached hydrogens (tertiary/aromatic N) is 1. The van der Waals surface area contributed by atoms with E-state index in [4.69, 9.17) is 23.2 Å². The predicted octanol–water partition coefficient (Wildman–Crippen LogP) is 2.61. The van der Waals surface area contributed by atoms with Crippen LogP contribution in [0.15, 0.2) is 23.3 Å². The SMILES string of the molecule is CN(C)CC1(Cl)C=CC=C(Cl)C1. The zero-order valence-electron chi connectivity index (χ0n) is 7.35. The minimum Gasteiger partial charge on any atom is -0.307 e. The van der Waals surface area contributed by atoms with Gasteiger partial charge in [0.2, 0.25) is 0 Å². The van der Waals surface area contributed by atoms with Gasteiger partial charge in [0.15, 0.2) is 0 Å². The molecule has 1 aliphatic rings. The van der Waals surface area contributed by atoms with Crippen molar-refractivity contribution >= 4 is 23.2 Å². The first kappa shape index (κ1) is 10.1. The maximum absolute atomic E-state index is 6.31. The molecule has 0 aromatic heterocycles. The van der Waals surface area contributed by atoms with Crippen molar-refractivity contribution in [2.45, 2.75) is 11.3 Å². The number of alkyl halides is 1. The molecular weight excluding hydrogens is 193 g/mol. The monoisotopic (exact) mass is 205 g/mol. The molecule has 0 saturated heterocycles. The quantitative estimate of drug-likeness (QED) is 0.627. The van der Waals surface area contributed by atoms with Crippen LogP contribution >= 0.6 is 23.2 Å². The van der Waals surface area contributed by atoms with Gasteiger partial charge in [0.1, 0.15) is 0 Å². The van der Waals surface area contributed by atoms with Gasteiger partial charge >= 0.3 is 0 Å². The molecule has 0 spiro atoms. The zero-order chi connectivity index (χ0) is 9.19. The average Bonchev–Trinajstić information content (AvgIpc) is 1.82. The molecule has 1 rings (SSSR count). The fraction of sp³-hybridized carbons (Fsp3) is 0.556. The molecule has 1 nitrogen and oxygen atoms in total. The molecule has 0 radical (unpaired) electrons. The molecule has 0 saturated carbocycles. The molecule has 0 amide bonds. The summed E-state index contributed by atoms with van der Waals surface area (Å²) in [6.45, 7) is 0.815. The summed E-state index contributed by atoms with van der Waals surface area (Å²) in [5.74, 6) is 0. The lowest BCUT2D eigenvalue weighted by Crippen LogP contribution is -2.34. The summed E-state index contributed by atoms with van der Waals surface area (Å²) in [5.41, 5.74) is 0. The van der Waals surface area contributed by atoms with Crippen LogP contribution in [0.25, 0.3) is 0 Å². The summed E-state index contributed by atoms with van der Waals surface area (Å²) in [4.78, 5) is 1.75. The van der Waals surface area contributed by atoms with Gasteiger partial charge in [0.05, 0.1) is 4.87 Å². The van der Waals surface area contributed by atoms with Crippen LogP contribution in [-0.2, 0) is 0 Å². The van der Waals surface area contributed by atoms with Crippen LogP contribution < -0.4 is 0 Å². The van der Waals surface area contributed by atoms with E-state index < -0.39 is 0 Å². The van der Waals surface area contributed by atoms with Gasteiger partial charge in [-0.1, -0.05) is 23.8 Å². The summed E-state index contributed by atoms with van der Waals surface area (Å²) in [7, 11) is 4.01. The van der Waals surface area contributed by atoms with Crippen LogP contribution in [0.5, 0.6) is 0 Å². The van der Waals surface area contributed by atoms with E-state index in [9.17, 15) is 0 Å². The summed E-state index contributed by atoms with van der Waals surface area (Å²) >= 11 is 12.2. The van der Waals surface area contributed by atoms with Gasteiger partial charge in [-0.3, -0.25) is 0 Å². The molecule has 1 atom stereocenters. The molecule has 0 heterocycles. The predicted molar refractivity (Wildman–Crippen MR) is 54.8 cm³/mol. The summed E-state index contributed by atoms with van der Waals surface area (Å²) in [6, 6.07) is 0. The Morgan fingerprint density at radius 2 is 2.25 bits per heavy atom. The second-order valence-electron chi connectivity index (χ2n) is 3.42. The third kappa shape index (κ3) is 2.81. The topological polar surface area (TPSA) is 3.24 Å². The lowest BCUT2D eigenvalue weighted by molar-refractivity contribution is 0.372. The van der Waals surface area contributed by atoms with Gasteiger partial charge in [-0.15, -0.1) is 11.6 Å². The highest BCUT2D eigenvalue weighted by Crippen LogP contribution is 2.31. The minimum atomic E-state index is -0.310. The smallest absolute Gasteiger partial charge is 0.0804 e. The Hall–Kier alpha value is 0.0200. The molecular formula is C9H13Cl2N. The Labute approximate surface area is 83.6 Å². The Morgan fingerprint density at radius 1 is 1.58 bits per heavy atom. The number of allylic oxidation sites excluding steroid dienone is 3. The van der Waals surface area contributed by atoms with E-state index in [0.29, 0.717) is 0 Å². The number of hydrogen-bond acceptors (Lipinski definition) is 1. The first-order chi connectivity index (χ1) is 5.52. The van der Waals surface area contributed by atoms with Crippen LogP contribution in [-0.4, -0.2) is 30.4 Å². The third-order valence-corrected chi connectivity index (χ3v) is 2.35. The molecule has 3 heteroatoms. The van der Waals surface area contributed by atoms with Crippen molar-refractivity contribution < 1.29 is 0 Å². The Kier molecular flexibility index (Phi) is 3.22. The second kappa shape index (κ2) is 3.82.